The van der Waals surface area contributed by atoms with Gasteiger partial charge in [-0.25, -0.2) is 13.6 Å². The molecule has 2 N–H and O–H groups in total. The molecule has 0 radical (unpaired) electrons. The monoisotopic (exact) mass is 463 g/mol. The van der Waals surface area contributed by atoms with Crippen LogP contribution in [0.15, 0.2) is 60.7 Å². The van der Waals surface area contributed by atoms with Gasteiger partial charge >= 0.3 is 12.1 Å². The highest BCUT2D eigenvalue weighted by Crippen LogP contribution is 2.47. The van der Waals surface area contributed by atoms with Gasteiger partial charge in [0.15, 0.2) is 0 Å². The highest BCUT2D eigenvalue weighted by molar-refractivity contribution is 6.03. The number of benzene rings is 3. The van der Waals surface area contributed by atoms with E-state index >= 15 is 0 Å². The number of phenols is 1. The number of halogens is 5. The number of aromatic nitrogens is 1. The van der Waals surface area contributed by atoms with Crippen LogP contribution in [0.5, 0.6) is 5.75 Å². The number of alkyl halides is 3. The first-order chi connectivity index (χ1) is 15.6. The molecule has 1 aromatic heterocycles. The fourth-order valence-corrected chi connectivity index (χ4v) is 3.57. The van der Waals surface area contributed by atoms with E-state index in [9.17, 15) is 31.9 Å². The Hall–Kier alpha value is -3.88. The lowest BCUT2D eigenvalue weighted by Gasteiger charge is -2.15. The van der Waals surface area contributed by atoms with E-state index in [1.807, 2.05) is 13.8 Å². The van der Waals surface area contributed by atoms with Gasteiger partial charge in [0, 0.05) is 11.3 Å². The summed E-state index contributed by atoms with van der Waals surface area (Å²) in [7, 11) is 0. The molecule has 0 amide bonds. The smallest absolute Gasteiger partial charge is 0.432 e. The summed E-state index contributed by atoms with van der Waals surface area (Å²) in [6, 6.07) is 10.7. The molecule has 0 aliphatic heterocycles. The molecule has 0 aliphatic carbocycles. The van der Waals surface area contributed by atoms with Gasteiger partial charge in [-0.2, -0.15) is 13.2 Å². The van der Waals surface area contributed by atoms with Crippen LogP contribution >= 0.6 is 0 Å². The number of nitrogens with zero attached hydrogens (tertiary/aromatic N) is 1. The molecular weight excluding hydrogens is 445 g/mol. The molecule has 0 atom stereocenters. The normalized spacial score (nSPS) is 11.2. The van der Waals surface area contributed by atoms with Crippen molar-refractivity contribution < 1.29 is 37.0 Å². The third kappa shape index (κ3) is 4.26. The Labute approximate surface area is 185 Å². The van der Waals surface area contributed by atoms with Gasteiger partial charge in [-0.3, -0.25) is 0 Å². The molecule has 4 rings (SSSR count). The van der Waals surface area contributed by atoms with Gasteiger partial charge < -0.3 is 14.8 Å². The van der Waals surface area contributed by atoms with Crippen molar-refractivity contribution in [3.8, 4) is 22.6 Å². The van der Waals surface area contributed by atoms with Crippen molar-refractivity contribution in [1.29, 1.82) is 0 Å². The first-order valence-corrected chi connectivity index (χ1v) is 9.82. The number of phenolic OH excluding ortho intramolecular Hbond substituents is 1. The van der Waals surface area contributed by atoms with E-state index < -0.39 is 46.4 Å². The molecule has 0 bridgehead atoms. The van der Waals surface area contributed by atoms with Crippen LogP contribution in [0.25, 0.3) is 27.7 Å². The lowest BCUT2D eigenvalue weighted by Crippen LogP contribution is -2.14. The lowest BCUT2D eigenvalue weighted by atomic mass is 9.99. The third-order valence-corrected chi connectivity index (χ3v) is 4.81. The van der Waals surface area contributed by atoms with Gasteiger partial charge in [-0.05, 0) is 54.1 Å². The van der Waals surface area contributed by atoms with Crippen LogP contribution in [0.4, 0.5) is 22.0 Å². The predicted octanol–water partition coefficient (Wildman–Crippen LogP) is 7.02. The SMILES string of the molecule is CC.O=C(O)c1ccc(-c2c(C(F)(F)F)n(-c3ccc(F)cc3)c3cccc(O)c23)cc1F. The van der Waals surface area contributed by atoms with E-state index in [0.29, 0.717) is 6.07 Å². The van der Waals surface area contributed by atoms with E-state index in [-0.39, 0.29) is 22.2 Å². The molecule has 3 aromatic carbocycles. The Balaban J connectivity index is 0.00000149. The van der Waals surface area contributed by atoms with Gasteiger partial charge in [-0.15, -0.1) is 0 Å². The Bertz CT molecular complexity index is 1320. The summed E-state index contributed by atoms with van der Waals surface area (Å²) < 4.78 is 71.3. The van der Waals surface area contributed by atoms with Crippen LogP contribution in [0.3, 0.4) is 0 Å². The second-order valence-electron chi connectivity index (χ2n) is 6.70. The van der Waals surface area contributed by atoms with Crippen LogP contribution in [0.2, 0.25) is 0 Å². The molecule has 0 aliphatic rings. The van der Waals surface area contributed by atoms with E-state index in [0.717, 1.165) is 41.0 Å². The van der Waals surface area contributed by atoms with E-state index in [1.54, 1.807) is 0 Å². The molecule has 0 spiro atoms. The molecule has 1 heterocycles. The van der Waals surface area contributed by atoms with Crippen LogP contribution in [-0.2, 0) is 6.18 Å². The zero-order valence-electron chi connectivity index (χ0n) is 17.4. The fraction of sp³-hybridized carbons (Fsp3) is 0.125. The largest absolute Gasteiger partial charge is 0.507 e. The van der Waals surface area contributed by atoms with E-state index in [1.165, 1.54) is 18.2 Å². The highest BCUT2D eigenvalue weighted by Gasteiger charge is 2.41. The maximum absolute atomic E-state index is 14.3. The second kappa shape index (κ2) is 8.93. The number of aromatic carboxylic acids is 1. The van der Waals surface area contributed by atoms with Crippen LogP contribution < -0.4 is 0 Å². The Morgan fingerprint density at radius 2 is 1.58 bits per heavy atom. The summed E-state index contributed by atoms with van der Waals surface area (Å²) in [6.45, 7) is 4.00. The third-order valence-electron chi connectivity index (χ3n) is 4.81. The minimum Gasteiger partial charge on any atom is -0.507 e. The van der Waals surface area contributed by atoms with Crippen molar-refractivity contribution in [3.63, 3.8) is 0 Å². The average molecular weight is 463 g/mol. The van der Waals surface area contributed by atoms with Gasteiger partial charge in [0.25, 0.3) is 0 Å². The lowest BCUT2D eigenvalue weighted by molar-refractivity contribution is -0.141. The van der Waals surface area contributed by atoms with E-state index in [2.05, 4.69) is 0 Å². The quantitative estimate of drug-likeness (QED) is 0.321. The highest BCUT2D eigenvalue weighted by atomic mass is 19.4. The number of hydrogen-bond donors (Lipinski definition) is 2. The molecule has 4 aromatic rings. The number of carbonyl (C=O) groups is 1. The summed E-state index contributed by atoms with van der Waals surface area (Å²) in [5, 5.41) is 19.2. The van der Waals surface area contributed by atoms with Crippen molar-refractivity contribution in [2.45, 2.75) is 20.0 Å². The second-order valence-corrected chi connectivity index (χ2v) is 6.70. The number of rotatable bonds is 3. The van der Waals surface area contributed by atoms with Gasteiger partial charge in [0.1, 0.15) is 23.1 Å². The minimum atomic E-state index is -4.96. The van der Waals surface area contributed by atoms with Crippen molar-refractivity contribution in [1.82, 2.24) is 4.57 Å². The molecule has 4 nitrogen and oxygen atoms in total. The average Bonchev–Trinajstić information content (AvgIpc) is 3.12. The van der Waals surface area contributed by atoms with Crippen molar-refractivity contribution >= 4 is 16.9 Å². The Morgan fingerprint density at radius 1 is 0.939 bits per heavy atom. The first kappa shape index (κ1) is 23.8. The van der Waals surface area contributed by atoms with Crippen LogP contribution in [0, 0.1) is 11.6 Å². The Kier molecular flexibility index (Phi) is 6.44. The van der Waals surface area contributed by atoms with Crippen molar-refractivity contribution in [2.75, 3.05) is 0 Å². The summed E-state index contributed by atoms with van der Waals surface area (Å²) in [4.78, 5) is 11.1. The summed E-state index contributed by atoms with van der Waals surface area (Å²) in [5.74, 6) is -3.93. The van der Waals surface area contributed by atoms with Gasteiger partial charge in [0.05, 0.1) is 16.5 Å². The van der Waals surface area contributed by atoms with Crippen molar-refractivity contribution in [3.05, 3.63) is 83.6 Å². The number of aromatic hydroxyl groups is 1. The van der Waals surface area contributed by atoms with Crippen LogP contribution in [-0.4, -0.2) is 20.7 Å². The number of carboxylic acid groups (broad SMARTS) is 1. The summed E-state index contributed by atoms with van der Waals surface area (Å²) in [6.07, 6.45) is -4.96. The van der Waals surface area contributed by atoms with E-state index in [4.69, 9.17) is 5.11 Å². The molecule has 33 heavy (non-hydrogen) atoms. The maximum atomic E-state index is 14.3. The van der Waals surface area contributed by atoms with Gasteiger partial charge in [-0.1, -0.05) is 26.0 Å². The zero-order valence-corrected chi connectivity index (χ0v) is 17.4. The number of hydrogen-bond acceptors (Lipinski definition) is 2. The van der Waals surface area contributed by atoms with Gasteiger partial charge in [0.2, 0.25) is 0 Å². The Morgan fingerprint density at radius 3 is 2.12 bits per heavy atom. The minimum absolute atomic E-state index is 0.0294. The maximum Gasteiger partial charge on any atom is 0.432 e. The molecule has 0 unspecified atom stereocenters. The number of carboxylic acids is 1. The molecule has 0 saturated carbocycles. The fourth-order valence-electron chi connectivity index (χ4n) is 3.57. The van der Waals surface area contributed by atoms with Crippen LogP contribution in [0.1, 0.15) is 29.9 Å². The predicted molar refractivity (Wildman–Crippen MR) is 114 cm³/mol. The molecule has 9 heteroatoms. The standard InChI is InChI=1S/C22H12F5NO3.C2H6/c23-12-5-7-13(8-6-12)28-16-2-1-3-17(29)19(16)18(20(28)22(25,26)27)11-4-9-14(21(30)31)15(24)10-11;1-2/h1-10,29H,(H,30,31);1-2H3. The van der Waals surface area contributed by atoms with Crippen molar-refractivity contribution in [2.24, 2.45) is 0 Å². The molecule has 172 valence electrons. The summed E-state index contributed by atoms with van der Waals surface area (Å²) >= 11 is 0. The number of fused-ring (bicyclic) bond motifs is 1. The summed E-state index contributed by atoms with van der Waals surface area (Å²) in [5.41, 5.74) is -2.81. The molecule has 0 fully saturated rings. The zero-order chi connectivity index (χ0) is 24.5. The molecule has 0 saturated heterocycles. The first-order valence-electron chi connectivity index (χ1n) is 9.82. The molecular formula is C24H18F5NO3. The topological polar surface area (TPSA) is 62.5 Å².